The summed E-state index contributed by atoms with van der Waals surface area (Å²) in [5.74, 6) is 2.63. The molecule has 1 fully saturated rings. The summed E-state index contributed by atoms with van der Waals surface area (Å²) in [5, 5.41) is 7.86. The van der Waals surface area contributed by atoms with Gasteiger partial charge in [0.2, 0.25) is 0 Å². The third-order valence-corrected chi connectivity index (χ3v) is 5.87. The Morgan fingerprint density at radius 3 is 2.73 bits per heavy atom. The highest BCUT2D eigenvalue weighted by atomic mass is 16.5. The largest absolute Gasteiger partial charge is 0.404 e. The Labute approximate surface area is 194 Å². The van der Waals surface area contributed by atoms with Crippen molar-refractivity contribution in [1.82, 2.24) is 24.5 Å². The minimum absolute atomic E-state index is 0.197. The van der Waals surface area contributed by atoms with E-state index in [0.717, 1.165) is 47.0 Å². The van der Waals surface area contributed by atoms with Gasteiger partial charge >= 0.3 is 0 Å². The molecule has 0 aromatic carbocycles. The van der Waals surface area contributed by atoms with Crippen molar-refractivity contribution in [1.29, 1.82) is 0 Å². The first kappa shape index (κ1) is 22.9. The van der Waals surface area contributed by atoms with Crippen LogP contribution in [0.5, 0.6) is 0 Å². The lowest BCUT2D eigenvalue weighted by atomic mass is 10.0. The van der Waals surface area contributed by atoms with E-state index < -0.39 is 0 Å². The van der Waals surface area contributed by atoms with E-state index in [1.165, 1.54) is 0 Å². The number of likely N-dealkylation sites (tertiary alicyclic amines) is 1. The number of nitrogens with one attached hydrogen (secondary N) is 1. The van der Waals surface area contributed by atoms with E-state index in [1.807, 2.05) is 48.8 Å². The Bertz CT molecular complexity index is 1180. The van der Waals surface area contributed by atoms with Crippen LogP contribution in [0.4, 0.5) is 11.6 Å². The summed E-state index contributed by atoms with van der Waals surface area (Å²) in [6.45, 7) is 8.44. The number of rotatable bonds is 7. The molecule has 1 saturated heterocycles. The van der Waals surface area contributed by atoms with Crippen molar-refractivity contribution >= 4 is 22.9 Å². The first-order chi connectivity index (χ1) is 15.9. The number of aliphatic imine (C=N–C) groups is 1. The molecular weight excluding hydrogens is 416 g/mol. The number of anilines is 2. The number of nitrogens with two attached hydrogens (primary N) is 1. The molecule has 0 amide bonds. The highest BCUT2D eigenvalue weighted by Crippen LogP contribution is 2.21. The van der Waals surface area contributed by atoms with Crippen LogP contribution in [-0.4, -0.2) is 70.1 Å². The number of aryl methyl sites for hydroxylation is 2. The molecule has 0 unspecified atom stereocenters. The van der Waals surface area contributed by atoms with E-state index in [9.17, 15) is 0 Å². The smallest absolute Gasteiger partial charge is 0.154 e. The van der Waals surface area contributed by atoms with Gasteiger partial charge in [0.25, 0.3) is 0 Å². The zero-order chi connectivity index (χ0) is 23.5. The second-order valence-corrected chi connectivity index (χ2v) is 8.69. The Hall–Kier alpha value is -3.30. The first-order valence-electron chi connectivity index (χ1n) is 11.1. The van der Waals surface area contributed by atoms with Crippen molar-refractivity contribution in [3.63, 3.8) is 0 Å². The highest BCUT2D eigenvalue weighted by Gasteiger charge is 2.28. The Morgan fingerprint density at radius 2 is 2.06 bits per heavy atom. The molecule has 4 rings (SSSR count). The van der Waals surface area contributed by atoms with E-state index in [0.29, 0.717) is 24.2 Å². The van der Waals surface area contributed by atoms with Crippen LogP contribution in [0.2, 0.25) is 0 Å². The zero-order valence-electron chi connectivity index (χ0n) is 19.9. The molecule has 0 spiro atoms. The number of hydrogen-bond acceptors (Lipinski definition) is 8. The summed E-state index contributed by atoms with van der Waals surface area (Å²) in [6.07, 6.45) is 3.71. The fourth-order valence-electron chi connectivity index (χ4n) is 4.35. The van der Waals surface area contributed by atoms with Gasteiger partial charge in [0, 0.05) is 61.5 Å². The first-order valence-corrected chi connectivity index (χ1v) is 11.1. The van der Waals surface area contributed by atoms with Crippen LogP contribution in [0.25, 0.3) is 5.52 Å². The normalized spacial score (nSPS) is 20.0. The molecule has 33 heavy (non-hydrogen) atoms. The van der Waals surface area contributed by atoms with Crippen molar-refractivity contribution in [3.05, 3.63) is 59.3 Å². The average Bonchev–Trinajstić information content (AvgIpc) is 3.30. The number of fused-ring (bicyclic) bond motifs is 1. The van der Waals surface area contributed by atoms with Crippen LogP contribution in [0.15, 0.2) is 47.2 Å². The number of likely N-dealkylation sites (N-methyl/N-ethyl adjacent to an activating group) is 1. The predicted molar refractivity (Wildman–Crippen MR) is 131 cm³/mol. The van der Waals surface area contributed by atoms with Gasteiger partial charge in [-0.25, -0.2) is 14.5 Å². The lowest BCUT2D eigenvalue weighted by Crippen LogP contribution is -2.24. The number of ether oxygens (including phenoxy) is 1. The topological polar surface area (TPSA) is 106 Å². The fraction of sp³-hybridized carbons (Fsp3) is 0.417. The second-order valence-electron chi connectivity index (χ2n) is 8.69. The minimum Gasteiger partial charge on any atom is -0.404 e. The van der Waals surface area contributed by atoms with E-state index >= 15 is 0 Å². The molecule has 1 aliphatic heterocycles. The molecule has 1 aliphatic rings. The van der Waals surface area contributed by atoms with E-state index in [-0.39, 0.29) is 6.10 Å². The summed E-state index contributed by atoms with van der Waals surface area (Å²) in [7, 11) is 3.90. The Morgan fingerprint density at radius 1 is 1.24 bits per heavy atom. The van der Waals surface area contributed by atoms with Crippen LogP contribution in [0, 0.1) is 19.8 Å². The van der Waals surface area contributed by atoms with Crippen LogP contribution < -0.4 is 11.1 Å². The number of pyridine rings is 1. The van der Waals surface area contributed by atoms with Crippen molar-refractivity contribution in [2.75, 3.05) is 39.1 Å². The molecule has 9 heteroatoms. The van der Waals surface area contributed by atoms with Crippen molar-refractivity contribution < 1.29 is 4.74 Å². The third-order valence-electron chi connectivity index (χ3n) is 5.87. The van der Waals surface area contributed by atoms with Crippen LogP contribution in [-0.2, 0) is 4.74 Å². The van der Waals surface area contributed by atoms with Crippen LogP contribution in [0.3, 0.4) is 0 Å². The maximum absolute atomic E-state index is 6.21. The third kappa shape index (κ3) is 5.20. The van der Waals surface area contributed by atoms with Gasteiger partial charge in [-0.15, -0.1) is 0 Å². The van der Waals surface area contributed by atoms with Crippen LogP contribution in [0.1, 0.15) is 24.0 Å². The van der Waals surface area contributed by atoms with Gasteiger partial charge in [0.05, 0.1) is 23.9 Å². The number of nitrogens with zero attached hydrogens (tertiary/aromatic N) is 6. The number of hydrogen-bond donors (Lipinski definition) is 2. The zero-order valence-corrected chi connectivity index (χ0v) is 19.9. The lowest BCUT2D eigenvalue weighted by Gasteiger charge is -2.18. The molecule has 4 heterocycles. The predicted octanol–water partition coefficient (Wildman–Crippen LogP) is 2.71. The van der Waals surface area contributed by atoms with Gasteiger partial charge < -0.3 is 20.7 Å². The summed E-state index contributed by atoms with van der Waals surface area (Å²) < 4.78 is 8.03. The molecule has 174 valence electrons. The van der Waals surface area contributed by atoms with Gasteiger partial charge in [0.1, 0.15) is 11.6 Å². The molecule has 0 aliphatic carbocycles. The summed E-state index contributed by atoms with van der Waals surface area (Å²) in [4.78, 5) is 15.6. The average molecular weight is 449 g/mol. The summed E-state index contributed by atoms with van der Waals surface area (Å²) in [5.41, 5.74) is 10.5. The number of aromatic nitrogens is 4. The van der Waals surface area contributed by atoms with Gasteiger partial charge in [-0.2, -0.15) is 5.10 Å². The van der Waals surface area contributed by atoms with E-state index in [2.05, 4.69) is 44.2 Å². The van der Waals surface area contributed by atoms with Gasteiger partial charge in [0.15, 0.2) is 5.82 Å². The molecule has 9 nitrogen and oxygen atoms in total. The Kier molecular flexibility index (Phi) is 6.71. The summed E-state index contributed by atoms with van der Waals surface area (Å²) in [6, 6.07) is 7.90. The molecule has 3 N–H and O–H groups in total. The van der Waals surface area contributed by atoms with E-state index in [4.69, 9.17) is 10.5 Å². The monoisotopic (exact) mass is 448 g/mol. The maximum atomic E-state index is 6.21. The van der Waals surface area contributed by atoms with Gasteiger partial charge in [-0.3, -0.25) is 4.99 Å². The SMILES string of the molecule is CN=C(/C(=C/N)CO[C@H]1CN(C)C[C@@H]1C)c1ccn2nc(Nc3cc(C)nc(C)n3)cc2c1. The standard InChI is InChI=1S/C24H32N8O/c1-15-12-31(5)13-21(15)33-14-19(11-25)24(26-4)18-6-7-32-20(9-18)10-23(30-32)29-22-8-16(2)27-17(3)28-22/h6-11,15,21H,12-14,25H2,1-5H3,(H,27,28,29,30)/b19-11+,26-24?/t15-,21-/m0/s1. The molecular formula is C24H32N8O. The second kappa shape index (κ2) is 9.68. The molecule has 3 aromatic rings. The molecule has 3 aromatic heterocycles. The lowest BCUT2D eigenvalue weighted by molar-refractivity contribution is 0.0565. The molecule has 0 radical (unpaired) electrons. The molecule has 0 bridgehead atoms. The van der Waals surface area contributed by atoms with E-state index in [1.54, 1.807) is 13.2 Å². The van der Waals surface area contributed by atoms with Gasteiger partial charge in [-0.05, 0) is 38.9 Å². The highest BCUT2D eigenvalue weighted by molar-refractivity contribution is 6.13. The maximum Gasteiger partial charge on any atom is 0.154 e. The van der Waals surface area contributed by atoms with Crippen molar-refractivity contribution in [2.45, 2.75) is 26.9 Å². The van der Waals surface area contributed by atoms with Crippen LogP contribution >= 0.6 is 0 Å². The van der Waals surface area contributed by atoms with Crippen molar-refractivity contribution in [3.8, 4) is 0 Å². The minimum atomic E-state index is 0.197. The summed E-state index contributed by atoms with van der Waals surface area (Å²) >= 11 is 0. The quantitative estimate of drug-likeness (QED) is 0.535. The molecule has 2 atom stereocenters. The Balaban J connectivity index is 1.52. The van der Waals surface area contributed by atoms with Crippen molar-refractivity contribution in [2.24, 2.45) is 16.6 Å². The van der Waals surface area contributed by atoms with Gasteiger partial charge in [-0.1, -0.05) is 6.92 Å². The molecule has 0 saturated carbocycles. The fourth-order valence-corrected chi connectivity index (χ4v) is 4.35.